The molecule has 90 valence electrons. The Balaban J connectivity index is 1.82. The van der Waals surface area contributed by atoms with Gasteiger partial charge >= 0.3 is 0 Å². The first-order chi connectivity index (χ1) is 8.16. The van der Waals surface area contributed by atoms with Crippen molar-refractivity contribution in [2.45, 2.75) is 13.0 Å². The van der Waals surface area contributed by atoms with E-state index in [2.05, 4.69) is 10.6 Å². The Morgan fingerprint density at radius 1 is 1.41 bits per heavy atom. The van der Waals surface area contributed by atoms with Crippen molar-refractivity contribution in [2.24, 2.45) is 11.8 Å². The summed E-state index contributed by atoms with van der Waals surface area (Å²) in [6.07, 6.45) is 0. The van der Waals surface area contributed by atoms with Gasteiger partial charge in [0.25, 0.3) is 5.69 Å². The molecule has 1 aromatic rings. The third kappa shape index (κ3) is 1.76. The highest BCUT2D eigenvalue weighted by Gasteiger charge is 2.53. The highest BCUT2D eigenvalue weighted by Crippen LogP contribution is 2.44. The van der Waals surface area contributed by atoms with Crippen LogP contribution in [0.25, 0.3) is 0 Å². The number of nitrogens with one attached hydrogen (secondary N) is 2. The van der Waals surface area contributed by atoms with Crippen molar-refractivity contribution in [1.29, 1.82) is 0 Å². The van der Waals surface area contributed by atoms with Crippen LogP contribution in [0.15, 0.2) is 18.2 Å². The van der Waals surface area contributed by atoms with Gasteiger partial charge in [-0.2, -0.15) is 0 Å². The fraction of sp³-hybridized carbons (Fsp3) is 0.500. The van der Waals surface area contributed by atoms with Crippen LogP contribution in [0.2, 0.25) is 0 Å². The maximum atomic E-state index is 10.9. The summed E-state index contributed by atoms with van der Waals surface area (Å²) >= 11 is 0. The molecule has 0 aromatic heterocycles. The zero-order valence-electron chi connectivity index (χ0n) is 9.64. The number of benzene rings is 1. The van der Waals surface area contributed by atoms with Crippen LogP contribution in [0.4, 0.5) is 11.4 Å². The summed E-state index contributed by atoms with van der Waals surface area (Å²) in [6, 6.07) is 5.63. The minimum atomic E-state index is -0.321. The molecule has 17 heavy (non-hydrogen) atoms. The average Bonchev–Trinajstić information content (AvgIpc) is 2.74. The zero-order valence-corrected chi connectivity index (χ0v) is 9.64. The van der Waals surface area contributed by atoms with Crippen molar-refractivity contribution < 1.29 is 4.92 Å². The predicted molar refractivity (Wildman–Crippen MR) is 65.1 cm³/mol. The molecule has 2 atom stereocenters. The second kappa shape index (κ2) is 3.70. The third-order valence-electron chi connectivity index (χ3n) is 3.76. The number of nitrogens with zero attached hydrogens (tertiary/aromatic N) is 1. The Labute approximate surface area is 99.4 Å². The van der Waals surface area contributed by atoms with Gasteiger partial charge in [0.1, 0.15) is 5.69 Å². The van der Waals surface area contributed by atoms with Crippen LogP contribution in [-0.4, -0.2) is 24.1 Å². The summed E-state index contributed by atoms with van der Waals surface area (Å²) < 4.78 is 0. The standard InChI is InChI=1S/C12H15N3O2/c1-7-2-3-11(15(16)17)10(4-7)14-12-8-5-13-6-9(8)12/h2-4,8-9,12-14H,5-6H2,1H3. The maximum absolute atomic E-state index is 10.9. The van der Waals surface area contributed by atoms with Crippen LogP contribution in [0, 0.1) is 28.9 Å². The molecule has 0 spiro atoms. The zero-order chi connectivity index (χ0) is 12.0. The van der Waals surface area contributed by atoms with E-state index in [9.17, 15) is 10.1 Å². The third-order valence-corrected chi connectivity index (χ3v) is 3.76. The SMILES string of the molecule is Cc1ccc([N+](=O)[O-])c(NC2C3CNCC32)c1. The van der Waals surface area contributed by atoms with Gasteiger partial charge in [-0.05, 0) is 30.4 Å². The summed E-state index contributed by atoms with van der Waals surface area (Å²) in [6.45, 7) is 4.01. The molecule has 1 aliphatic heterocycles. The summed E-state index contributed by atoms with van der Waals surface area (Å²) in [4.78, 5) is 10.6. The molecule has 1 saturated carbocycles. The Bertz CT molecular complexity index is 465. The molecule has 5 heteroatoms. The first-order valence-corrected chi connectivity index (χ1v) is 5.89. The highest BCUT2D eigenvalue weighted by molar-refractivity contribution is 5.64. The monoisotopic (exact) mass is 233 g/mol. The van der Waals surface area contributed by atoms with Crippen molar-refractivity contribution in [3.05, 3.63) is 33.9 Å². The Kier molecular flexibility index (Phi) is 2.29. The molecule has 0 radical (unpaired) electrons. The number of hydrogen-bond acceptors (Lipinski definition) is 4. The van der Waals surface area contributed by atoms with Crippen molar-refractivity contribution in [1.82, 2.24) is 5.32 Å². The van der Waals surface area contributed by atoms with Gasteiger partial charge in [-0.25, -0.2) is 0 Å². The van der Waals surface area contributed by atoms with E-state index in [0.29, 0.717) is 23.6 Å². The van der Waals surface area contributed by atoms with E-state index in [4.69, 9.17) is 0 Å². The average molecular weight is 233 g/mol. The number of piperidine rings is 1. The first kappa shape index (κ1) is 10.5. The molecule has 0 amide bonds. The van der Waals surface area contributed by atoms with Crippen LogP contribution in [-0.2, 0) is 0 Å². The second-order valence-electron chi connectivity index (χ2n) is 4.93. The molecule has 0 bridgehead atoms. The predicted octanol–water partition coefficient (Wildman–Crippen LogP) is 1.53. The summed E-state index contributed by atoms with van der Waals surface area (Å²) in [5.41, 5.74) is 1.88. The van der Waals surface area contributed by atoms with E-state index in [-0.39, 0.29) is 10.6 Å². The number of anilines is 1. The summed E-state index contributed by atoms with van der Waals surface area (Å²) in [5.74, 6) is 1.30. The Morgan fingerprint density at radius 2 is 2.12 bits per heavy atom. The van der Waals surface area contributed by atoms with Crippen LogP contribution in [0.1, 0.15) is 5.56 Å². The quantitative estimate of drug-likeness (QED) is 0.613. The lowest BCUT2D eigenvalue weighted by Gasteiger charge is -2.10. The van der Waals surface area contributed by atoms with Crippen LogP contribution in [0.3, 0.4) is 0 Å². The molecule has 3 rings (SSSR count). The molecular formula is C12H15N3O2. The highest BCUT2D eigenvalue weighted by atomic mass is 16.6. The second-order valence-corrected chi connectivity index (χ2v) is 4.93. The van der Waals surface area contributed by atoms with Gasteiger partial charge < -0.3 is 10.6 Å². The minimum Gasteiger partial charge on any atom is -0.376 e. The van der Waals surface area contributed by atoms with Crippen molar-refractivity contribution in [2.75, 3.05) is 18.4 Å². The van der Waals surface area contributed by atoms with E-state index in [1.54, 1.807) is 12.1 Å². The van der Waals surface area contributed by atoms with Gasteiger partial charge in [0, 0.05) is 25.2 Å². The number of hydrogen-bond donors (Lipinski definition) is 2. The minimum absolute atomic E-state index is 0.175. The number of nitro benzene ring substituents is 1. The van der Waals surface area contributed by atoms with E-state index in [0.717, 1.165) is 18.7 Å². The molecule has 2 unspecified atom stereocenters. The number of rotatable bonds is 3. The van der Waals surface area contributed by atoms with Gasteiger partial charge in [-0.15, -0.1) is 0 Å². The maximum Gasteiger partial charge on any atom is 0.292 e. The van der Waals surface area contributed by atoms with Gasteiger partial charge in [0.2, 0.25) is 0 Å². The van der Waals surface area contributed by atoms with Crippen LogP contribution < -0.4 is 10.6 Å². The summed E-state index contributed by atoms with van der Waals surface area (Å²) in [7, 11) is 0. The van der Waals surface area contributed by atoms with Gasteiger partial charge in [0.05, 0.1) is 4.92 Å². The molecule has 2 aliphatic rings. The molecule has 2 fully saturated rings. The van der Waals surface area contributed by atoms with E-state index in [1.165, 1.54) is 0 Å². The molecule has 5 nitrogen and oxygen atoms in total. The lowest BCUT2D eigenvalue weighted by Crippen LogP contribution is -2.21. The lowest BCUT2D eigenvalue weighted by atomic mass is 10.2. The van der Waals surface area contributed by atoms with E-state index >= 15 is 0 Å². The van der Waals surface area contributed by atoms with Gasteiger partial charge in [0.15, 0.2) is 0 Å². The Morgan fingerprint density at radius 3 is 2.76 bits per heavy atom. The van der Waals surface area contributed by atoms with Crippen molar-refractivity contribution in [3.63, 3.8) is 0 Å². The molecule has 2 N–H and O–H groups in total. The van der Waals surface area contributed by atoms with Crippen molar-refractivity contribution in [3.8, 4) is 0 Å². The molecule has 1 saturated heterocycles. The van der Waals surface area contributed by atoms with E-state index in [1.807, 2.05) is 13.0 Å². The number of nitro groups is 1. The fourth-order valence-electron chi connectivity index (χ4n) is 2.74. The molecular weight excluding hydrogens is 218 g/mol. The fourth-order valence-corrected chi connectivity index (χ4v) is 2.74. The van der Waals surface area contributed by atoms with E-state index < -0.39 is 0 Å². The Hall–Kier alpha value is -1.62. The van der Waals surface area contributed by atoms with Gasteiger partial charge in [-0.1, -0.05) is 6.07 Å². The smallest absolute Gasteiger partial charge is 0.292 e. The lowest BCUT2D eigenvalue weighted by molar-refractivity contribution is -0.384. The normalized spacial score (nSPS) is 29.8. The van der Waals surface area contributed by atoms with Crippen LogP contribution in [0.5, 0.6) is 0 Å². The molecule has 1 heterocycles. The van der Waals surface area contributed by atoms with Gasteiger partial charge in [-0.3, -0.25) is 10.1 Å². The number of aryl methyl sites for hydroxylation is 1. The van der Waals surface area contributed by atoms with Crippen LogP contribution >= 0.6 is 0 Å². The summed E-state index contributed by atoms with van der Waals surface area (Å²) in [5, 5.41) is 17.6. The number of fused-ring (bicyclic) bond motifs is 1. The first-order valence-electron chi connectivity index (χ1n) is 5.89. The molecule has 1 aliphatic carbocycles. The topological polar surface area (TPSA) is 67.2 Å². The molecule has 1 aromatic carbocycles. The largest absolute Gasteiger partial charge is 0.376 e. The van der Waals surface area contributed by atoms with Crippen molar-refractivity contribution >= 4 is 11.4 Å².